The Hall–Kier alpha value is -2.52. The zero-order valence-corrected chi connectivity index (χ0v) is 15.4. The zero-order valence-electron chi connectivity index (χ0n) is 14.7. The smallest absolute Gasteiger partial charge is 0.353 e. The van der Waals surface area contributed by atoms with Gasteiger partial charge in [-0.05, 0) is 35.7 Å². The molecule has 4 heteroatoms. The third kappa shape index (κ3) is 4.31. The first-order valence-electron chi connectivity index (χ1n) is 8.29. The van der Waals surface area contributed by atoms with Gasteiger partial charge in [-0.2, -0.15) is 0 Å². The second kappa shape index (κ2) is 8.54. The van der Waals surface area contributed by atoms with E-state index < -0.39 is 5.97 Å². The van der Waals surface area contributed by atoms with Crippen LogP contribution in [-0.4, -0.2) is 15.6 Å². The summed E-state index contributed by atoms with van der Waals surface area (Å²) in [6.07, 6.45) is 1.89. The van der Waals surface area contributed by atoms with Crippen molar-refractivity contribution in [2.45, 2.75) is 27.3 Å². The van der Waals surface area contributed by atoms with Gasteiger partial charge in [-0.1, -0.05) is 67.9 Å². The van der Waals surface area contributed by atoms with Gasteiger partial charge in [-0.3, -0.25) is 0 Å². The van der Waals surface area contributed by atoms with Crippen LogP contribution >= 0.6 is 11.6 Å². The van der Waals surface area contributed by atoms with Crippen molar-refractivity contribution in [3.63, 3.8) is 0 Å². The van der Waals surface area contributed by atoms with Crippen LogP contribution in [0.2, 0.25) is 5.02 Å². The highest BCUT2D eigenvalue weighted by atomic mass is 35.5. The summed E-state index contributed by atoms with van der Waals surface area (Å²) in [6.45, 7) is 6.45. The summed E-state index contributed by atoms with van der Waals surface area (Å²) in [4.78, 5) is 11.8. The highest BCUT2D eigenvalue weighted by Gasteiger charge is 2.20. The molecule has 0 saturated heterocycles. The van der Waals surface area contributed by atoms with Gasteiger partial charge in [0.15, 0.2) is 0 Å². The molecule has 0 fully saturated rings. The monoisotopic (exact) mass is 355 g/mol. The molecule has 3 nitrogen and oxygen atoms in total. The minimum absolute atomic E-state index is 0.300. The Labute approximate surface area is 153 Å². The number of carbonyl (C=O) groups is 1. The molecular formula is C21H22ClNO2. The number of halogens is 1. The molecule has 0 saturated carbocycles. The van der Waals surface area contributed by atoms with E-state index in [9.17, 15) is 9.90 Å². The van der Waals surface area contributed by atoms with Crippen molar-refractivity contribution in [3.8, 4) is 11.1 Å². The van der Waals surface area contributed by atoms with Crippen molar-refractivity contribution >= 4 is 17.6 Å². The van der Waals surface area contributed by atoms with E-state index in [1.165, 1.54) is 0 Å². The maximum atomic E-state index is 11.8. The first-order chi connectivity index (χ1) is 12.1. The van der Waals surface area contributed by atoms with Crippen LogP contribution in [0.15, 0.2) is 60.8 Å². The Morgan fingerprint density at radius 3 is 2.20 bits per heavy atom. The van der Waals surface area contributed by atoms with Crippen LogP contribution in [0.5, 0.6) is 0 Å². The molecule has 1 aromatic heterocycles. The Morgan fingerprint density at radius 2 is 1.64 bits per heavy atom. The van der Waals surface area contributed by atoms with Crippen LogP contribution in [0.1, 0.15) is 35.5 Å². The van der Waals surface area contributed by atoms with Gasteiger partial charge >= 0.3 is 5.97 Å². The van der Waals surface area contributed by atoms with E-state index in [-0.39, 0.29) is 0 Å². The third-order valence-electron chi connectivity index (χ3n) is 3.80. The maximum Gasteiger partial charge on any atom is 0.353 e. The van der Waals surface area contributed by atoms with E-state index in [0.717, 1.165) is 22.3 Å². The highest BCUT2D eigenvalue weighted by molar-refractivity contribution is 6.30. The summed E-state index contributed by atoms with van der Waals surface area (Å²) in [6, 6.07) is 17.1. The van der Waals surface area contributed by atoms with Crippen LogP contribution in [0.3, 0.4) is 0 Å². The summed E-state index contributed by atoms with van der Waals surface area (Å²) >= 11 is 5.93. The lowest BCUT2D eigenvalue weighted by molar-refractivity contribution is 0.0686. The first kappa shape index (κ1) is 18.8. The zero-order chi connectivity index (χ0) is 18.4. The van der Waals surface area contributed by atoms with Gasteiger partial charge in [-0.15, -0.1) is 0 Å². The van der Waals surface area contributed by atoms with Crippen molar-refractivity contribution in [3.05, 3.63) is 82.6 Å². The van der Waals surface area contributed by atoms with Crippen LogP contribution in [0, 0.1) is 6.92 Å². The second-order valence-electron chi connectivity index (χ2n) is 5.46. The number of aromatic carboxylic acids is 1. The number of benzene rings is 2. The number of hydrogen-bond donors (Lipinski definition) is 1. The lowest BCUT2D eigenvalue weighted by atomic mass is 10.0. The van der Waals surface area contributed by atoms with Gasteiger partial charge in [-0.25, -0.2) is 4.79 Å². The van der Waals surface area contributed by atoms with Gasteiger partial charge in [0.1, 0.15) is 5.69 Å². The average Bonchev–Trinajstić information content (AvgIpc) is 2.94. The summed E-state index contributed by atoms with van der Waals surface area (Å²) < 4.78 is 1.79. The molecule has 1 heterocycles. The Bertz CT molecular complexity index is 836. The number of carboxylic acid groups (broad SMARTS) is 1. The van der Waals surface area contributed by atoms with Crippen LogP contribution in [0.25, 0.3) is 11.1 Å². The fraction of sp³-hybridized carbons (Fsp3) is 0.190. The molecule has 0 aliphatic rings. The average molecular weight is 356 g/mol. The Balaban J connectivity index is 0.00000109. The molecule has 3 rings (SSSR count). The van der Waals surface area contributed by atoms with Crippen molar-refractivity contribution in [2.75, 3.05) is 0 Å². The molecule has 0 amide bonds. The predicted octanol–water partition coefficient (Wildman–Crippen LogP) is 5.89. The van der Waals surface area contributed by atoms with E-state index in [0.29, 0.717) is 17.3 Å². The molecule has 0 aliphatic carbocycles. The number of aryl methyl sites for hydroxylation is 1. The van der Waals surface area contributed by atoms with E-state index in [2.05, 4.69) is 0 Å². The number of aromatic nitrogens is 1. The maximum absolute atomic E-state index is 11.8. The molecule has 3 aromatic rings. The second-order valence-corrected chi connectivity index (χ2v) is 5.90. The van der Waals surface area contributed by atoms with Crippen LogP contribution in [-0.2, 0) is 6.54 Å². The Morgan fingerprint density at radius 1 is 1.04 bits per heavy atom. The fourth-order valence-corrected chi connectivity index (χ4v) is 2.93. The molecule has 0 bridgehead atoms. The minimum atomic E-state index is -0.931. The molecule has 25 heavy (non-hydrogen) atoms. The van der Waals surface area contributed by atoms with Crippen molar-refractivity contribution in [1.82, 2.24) is 4.57 Å². The molecule has 0 aliphatic heterocycles. The molecule has 0 radical (unpaired) electrons. The number of carboxylic acids is 1. The summed E-state index contributed by atoms with van der Waals surface area (Å²) in [7, 11) is 0. The van der Waals surface area contributed by atoms with E-state index >= 15 is 0 Å². The van der Waals surface area contributed by atoms with Crippen molar-refractivity contribution < 1.29 is 9.90 Å². The topological polar surface area (TPSA) is 42.2 Å². The van der Waals surface area contributed by atoms with E-state index in [1.54, 1.807) is 16.7 Å². The lowest BCUT2D eigenvalue weighted by Crippen LogP contribution is -2.09. The van der Waals surface area contributed by atoms with Gasteiger partial charge in [0.05, 0.1) is 0 Å². The number of nitrogens with zero attached hydrogens (tertiary/aromatic N) is 1. The molecule has 1 N–H and O–H groups in total. The van der Waals surface area contributed by atoms with Crippen molar-refractivity contribution in [2.24, 2.45) is 0 Å². The SMILES string of the molecule is CC.Cc1cn(Cc2ccccc2)c(C(=O)O)c1-c1ccc(Cl)cc1. The van der Waals surface area contributed by atoms with Crippen molar-refractivity contribution in [1.29, 1.82) is 0 Å². The van der Waals surface area contributed by atoms with E-state index in [1.807, 2.05) is 69.4 Å². The standard InChI is InChI=1S/C19H16ClNO2.C2H6/c1-13-11-21(12-14-5-3-2-4-6-14)18(19(22)23)17(13)15-7-9-16(20)10-8-15;1-2/h2-11H,12H2,1H3,(H,22,23);1-2H3. The molecule has 0 atom stereocenters. The summed E-state index contributed by atoms with van der Waals surface area (Å²) in [5, 5.41) is 10.3. The molecule has 0 spiro atoms. The molecular weight excluding hydrogens is 334 g/mol. The molecule has 2 aromatic carbocycles. The summed E-state index contributed by atoms with van der Waals surface area (Å²) in [5.74, 6) is -0.931. The fourth-order valence-electron chi connectivity index (χ4n) is 2.81. The Kier molecular flexibility index (Phi) is 6.43. The molecule has 130 valence electrons. The van der Waals surface area contributed by atoms with Gasteiger partial charge in [0.2, 0.25) is 0 Å². The first-order valence-corrected chi connectivity index (χ1v) is 8.67. The largest absolute Gasteiger partial charge is 0.477 e. The van der Waals surface area contributed by atoms with E-state index in [4.69, 9.17) is 11.6 Å². The highest BCUT2D eigenvalue weighted by Crippen LogP contribution is 2.30. The minimum Gasteiger partial charge on any atom is -0.477 e. The van der Waals surface area contributed by atoms with Gasteiger partial charge in [0.25, 0.3) is 0 Å². The van der Waals surface area contributed by atoms with Crippen LogP contribution < -0.4 is 0 Å². The lowest BCUT2D eigenvalue weighted by Gasteiger charge is -2.09. The third-order valence-corrected chi connectivity index (χ3v) is 4.05. The predicted molar refractivity (Wildman–Crippen MR) is 103 cm³/mol. The quantitative estimate of drug-likeness (QED) is 0.634. The number of rotatable bonds is 4. The normalized spacial score (nSPS) is 10.1. The van der Waals surface area contributed by atoms with Gasteiger partial charge < -0.3 is 9.67 Å². The summed E-state index contributed by atoms with van der Waals surface area (Å²) in [5.41, 5.74) is 3.89. The number of hydrogen-bond acceptors (Lipinski definition) is 1. The van der Waals surface area contributed by atoms with Gasteiger partial charge in [0, 0.05) is 23.3 Å². The molecule has 0 unspecified atom stereocenters. The van der Waals surface area contributed by atoms with Crippen LogP contribution in [0.4, 0.5) is 0 Å².